The Morgan fingerprint density at radius 2 is 1.66 bits per heavy atom. The predicted molar refractivity (Wildman–Crippen MR) is 116 cm³/mol. The van der Waals surface area contributed by atoms with E-state index in [0.29, 0.717) is 22.9 Å². The minimum absolute atomic E-state index is 0.238. The first-order valence-corrected chi connectivity index (χ1v) is 10.3. The highest BCUT2D eigenvalue weighted by Gasteiger charge is 2.17. The van der Waals surface area contributed by atoms with E-state index in [1.807, 2.05) is 0 Å². The second-order valence-corrected chi connectivity index (χ2v) is 7.61. The van der Waals surface area contributed by atoms with Crippen LogP contribution in [-0.4, -0.2) is 24.6 Å². The molecule has 1 N–H and O–H groups in total. The van der Waals surface area contributed by atoms with Crippen LogP contribution in [-0.2, 0) is 9.53 Å². The summed E-state index contributed by atoms with van der Waals surface area (Å²) in [4.78, 5) is 24.4. The lowest BCUT2D eigenvalue weighted by molar-refractivity contribution is -0.151. The van der Waals surface area contributed by atoms with E-state index in [9.17, 15) is 9.59 Å². The molecule has 0 saturated heterocycles. The van der Waals surface area contributed by atoms with Crippen molar-refractivity contribution in [2.75, 3.05) is 11.9 Å². The Bertz CT molecular complexity index is 832. The van der Waals surface area contributed by atoms with Crippen LogP contribution in [0, 0.1) is 0 Å². The Morgan fingerprint density at radius 3 is 2.24 bits per heavy atom. The Balaban J connectivity index is 1.94. The normalized spacial score (nSPS) is 11.6. The Labute approximate surface area is 185 Å². The van der Waals surface area contributed by atoms with E-state index < -0.39 is 18.0 Å². The number of nitrogens with one attached hydrogen (secondary N) is 1. The number of halogens is 3. The molecule has 1 atom stereocenters. The second kappa shape index (κ2) is 11.3. The summed E-state index contributed by atoms with van der Waals surface area (Å²) >= 11 is 18.0. The van der Waals surface area contributed by atoms with Crippen LogP contribution in [0.3, 0.4) is 0 Å². The molecular formula is C21H22Cl3NO4. The number of hydrogen-bond acceptors (Lipinski definition) is 4. The van der Waals surface area contributed by atoms with Gasteiger partial charge in [-0.3, -0.25) is 4.79 Å². The first-order valence-electron chi connectivity index (χ1n) is 9.21. The largest absolute Gasteiger partial charge is 0.479 e. The summed E-state index contributed by atoms with van der Waals surface area (Å²) < 4.78 is 10.7. The van der Waals surface area contributed by atoms with Gasteiger partial charge in [0, 0.05) is 10.6 Å². The molecule has 0 fully saturated rings. The quantitative estimate of drug-likeness (QED) is 0.349. The van der Waals surface area contributed by atoms with Gasteiger partial charge in [0.1, 0.15) is 5.75 Å². The number of rotatable bonds is 9. The first kappa shape index (κ1) is 23.3. The van der Waals surface area contributed by atoms with Crippen LogP contribution in [0.1, 0.15) is 43.5 Å². The minimum Gasteiger partial charge on any atom is -0.479 e. The summed E-state index contributed by atoms with van der Waals surface area (Å²) in [6.45, 7) is 4.08. The molecule has 0 heterocycles. The molecule has 8 heteroatoms. The summed E-state index contributed by atoms with van der Waals surface area (Å²) in [6.07, 6.45) is 2.15. The lowest BCUT2D eigenvalue weighted by Crippen LogP contribution is -2.26. The molecule has 2 rings (SSSR count). The number of carbonyl (C=O) groups excluding carboxylic acids is 2. The number of ether oxygens (including phenoxy) is 2. The van der Waals surface area contributed by atoms with E-state index in [2.05, 4.69) is 12.2 Å². The van der Waals surface area contributed by atoms with Crippen molar-refractivity contribution in [2.24, 2.45) is 0 Å². The third kappa shape index (κ3) is 7.11. The van der Waals surface area contributed by atoms with Crippen LogP contribution in [0.2, 0.25) is 15.1 Å². The average Bonchev–Trinajstić information content (AvgIpc) is 2.68. The van der Waals surface area contributed by atoms with E-state index >= 15 is 0 Å². The van der Waals surface area contributed by atoms with Crippen LogP contribution in [0.25, 0.3) is 0 Å². The zero-order chi connectivity index (χ0) is 21.4. The molecule has 0 saturated carbocycles. The van der Waals surface area contributed by atoms with Crippen LogP contribution in [0.5, 0.6) is 5.75 Å². The number of unbranched alkanes of at least 4 members (excludes halogenated alkanes) is 2. The Morgan fingerprint density at radius 1 is 1.03 bits per heavy atom. The molecule has 0 radical (unpaired) electrons. The fourth-order valence-corrected chi connectivity index (χ4v) is 3.34. The van der Waals surface area contributed by atoms with Crippen molar-refractivity contribution < 1.29 is 19.1 Å². The van der Waals surface area contributed by atoms with Crippen molar-refractivity contribution >= 4 is 52.4 Å². The number of esters is 1. The molecule has 0 aliphatic heterocycles. The SMILES string of the molecule is CCCCCOC(=O)C(C)Oc1ccc(C(=O)Nc2c(Cl)cc(Cl)cc2Cl)cc1. The van der Waals surface area contributed by atoms with Crippen molar-refractivity contribution in [3.05, 3.63) is 57.0 Å². The molecule has 156 valence electrons. The van der Waals surface area contributed by atoms with Crippen molar-refractivity contribution in [2.45, 2.75) is 39.2 Å². The molecule has 2 aromatic rings. The van der Waals surface area contributed by atoms with Crippen LogP contribution >= 0.6 is 34.8 Å². The highest BCUT2D eigenvalue weighted by Crippen LogP contribution is 2.34. The molecule has 0 bridgehead atoms. The predicted octanol–water partition coefficient (Wildman–Crippen LogP) is 6.40. The fourth-order valence-electron chi connectivity index (χ4n) is 2.43. The summed E-state index contributed by atoms with van der Waals surface area (Å²) in [5.41, 5.74) is 0.650. The number of carbonyl (C=O) groups is 2. The minimum atomic E-state index is -0.747. The molecule has 0 aliphatic carbocycles. The van der Waals surface area contributed by atoms with Crippen molar-refractivity contribution in [1.82, 2.24) is 0 Å². The van der Waals surface area contributed by atoms with Gasteiger partial charge in [0.15, 0.2) is 6.10 Å². The van der Waals surface area contributed by atoms with Gasteiger partial charge in [-0.25, -0.2) is 4.79 Å². The molecule has 1 amide bonds. The van der Waals surface area contributed by atoms with Crippen molar-refractivity contribution in [3.8, 4) is 5.75 Å². The van der Waals surface area contributed by atoms with Gasteiger partial charge in [-0.1, -0.05) is 54.6 Å². The number of benzene rings is 2. The molecule has 1 unspecified atom stereocenters. The first-order chi connectivity index (χ1) is 13.8. The maximum absolute atomic E-state index is 12.4. The molecular weight excluding hydrogens is 437 g/mol. The van der Waals surface area contributed by atoms with Crippen LogP contribution in [0.15, 0.2) is 36.4 Å². The average molecular weight is 459 g/mol. The van der Waals surface area contributed by atoms with Crippen LogP contribution < -0.4 is 10.1 Å². The number of amides is 1. The van der Waals surface area contributed by atoms with Gasteiger partial charge in [0.05, 0.1) is 22.3 Å². The van der Waals surface area contributed by atoms with E-state index in [4.69, 9.17) is 44.3 Å². The summed E-state index contributed by atoms with van der Waals surface area (Å²) in [6, 6.07) is 9.32. The van der Waals surface area contributed by atoms with Gasteiger partial charge in [-0.15, -0.1) is 0 Å². The highest BCUT2D eigenvalue weighted by molar-refractivity contribution is 6.42. The number of anilines is 1. The lowest BCUT2D eigenvalue weighted by atomic mass is 10.2. The van der Waals surface area contributed by atoms with E-state index in [0.717, 1.165) is 19.3 Å². The smallest absolute Gasteiger partial charge is 0.347 e. The maximum Gasteiger partial charge on any atom is 0.347 e. The number of hydrogen-bond donors (Lipinski definition) is 1. The van der Waals surface area contributed by atoms with Gasteiger partial charge < -0.3 is 14.8 Å². The lowest BCUT2D eigenvalue weighted by Gasteiger charge is -2.14. The fraction of sp³-hybridized carbons (Fsp3) is 0.333. The van der Waals surface area contributed by atoms with E-state index in [1.165, 1.54) is 12.1 Å². The molecule has 2 aromatic carbocycles. The monoisotopic (exact) mass is 457 g/mol. The standard InChI is InChI=1S/C21H22Cl3NO4/c1-3-4-5-10-28-21(27)13(2)29-16-8-6-14(7-9-16)20(26)25-19-17(23)11-15(22)12-18(19)24/h6-9,11-13H,3-5,10H2,1-2H3,(H,25,26). The molecule has 0 spiro atoms. The van der Waals surface area contributed by atoms with Gasteiger partial charge in [0.2, 0.25) is 0 Å². The van der Waals surface area contributed by atoms with Gasteiger partial charge in [0.25, 0.3) is 5.91 Å². The topological polar surface area (TPSA) is 64.6 Å². The summed E-state index contributed by atoms with van der Waals surface area (Å²) in [5.74, 6) is -0.372. The second-order valence-electron chi connectivity index (χ2n) is 6.36. The van der Waals surface area contributed by atoms with E-state index in [1.54, 1.807) is 31.2 Å². The highest BCUT2D eigenvalue weighted by atomic mass is 35.5. The van der Waals surface area contributed by atoms with E-state index in [-0.39, 0.29) is 15.7 Å². The summed E-state index contributed by atoms with van der Waals surface area (Å²) in [7, 11) is 0. The summed E-state index contributed by atoms with van der Waals surface area (Å²) in [5, 5.41) is 3.51. The molecule has 0 aromatic heterocycles. The van der Waals surface area contributed by atoms with Crippen LogP contribution in [0.4, 0.5) is 5.69 Å². The molecule has 29 heavy (non-hydrogen) atoms. The van der Waals surface area contributed by atoms with Gasteiger partial charge in [-0.2, -0.15) is 0 Å². The molecule has 0 aliphatic rings. The van der Waals surface area contributed by atoms with Gasteiger partial charge in [-0.05, 0) is 49.7 Å². The Hall–Kier alpha value is -1.95. The zero-order valence-electron chi connectivity index (χ0n) is 16.1. The third-order valence-corrected chi connectivity index (χ3v) is 4.81. The maximum atomic E-state index is 12.4. The van der Waals surface area contributed by atoms with Crippen molar-refractivity contribution in [3.63, 3.8) is 0 Å². The van der Waals surface area contributed by atoms with Gasteiger partial charge >= 0.3 is 5.97 Å². The van der Waals surface area contributed by atoms with Crippen molar-refractivity contribution in [1.29, 1.82) is 0 Å². The Kier molecular flexibility index (Phi) is 9.08. The third-order valence-electron chi connectivity index (χ3n) is 4.00. The molecule has 5 nitrogen and oxygen atoms in total. The zero-order valence-corrected chi connectivity index (χ0v) is 18.4.